The number of hydrogen-bond acceptors (Lipinski definition) is 3. The molecule has 1 aliphatic heterocycles. The van der Waals surface area contributed by atoms with Crippen LogP contribution < -0.4 is 10.0 Å². The Morgan fingerprint density at radius 3 is 2.50 bits per heavy atom. The number of nitrogens with one attached hydrogen (secondary N) is 2. The SMILES string of the molecule is O=S1(=O)C=CNCN1. The molecule has 4 nitrogen and oxygen atoms in total. The lowest BCUT2D eigenvalue weighted by Gasteiger charge is -2.06. The van der Waals surface area contributed by atoms with E-state index >= 15 is 0 Å². The maximum absolute atomic E-state index is 10.4. The molecule has 46 valence electrons. The van der Waals surface area contributed by atoms with Crippen LogP contribution >= 0.6 is 0 Å². The summed E-state index contributed by atoms with van der Waals surface area (Å²) in [5.41, 5.74) is 0. The summed E-state index contributed by atoms with van der Waals surface area (Å²) in [5.74, 6) is 0. The first-order valence-electron chi connectivity index (χ1n) is 2.10. The lowest BCUT2D eigenvalue weighted by atomic mass is 10.9. The van der Waals surface area contributed by atoms with E-state index in [1.807, 2.05) is 0 Å². The molecule has 0 aliphatic carbocycles. The van der Waals surface area contributed by atoms with Gasteiger partial charge in [-0.3, -0.25) is 0 Å². The molecule has 0 aromatic rings. The van der Waals surface area contributed by atoms with E-state index in [2.05, 4.69) is 10.0 Å². The van der Waals surface area contributed by atoms with Crippen LogP contribution in [0.2, 0.25) is 0 Å². The summed E-state index contributed by atoms with van der Waals surface area (Å²) in [6.45, 7) is 0.291. The zero-order valence-electron chi connectivity index (χ0n) is 4.09. The van der Waals surface area contributed by atoms with Crippen LogP contribution in [0.25, 0.3) is 0 Å². The lowest BCUT2D eigenvalue weighted by molar-refractivity contribution is 0.583. The molecule has 0 spiro atoms. The maximum atomic E-state index is 10.4. The van der Waals surface area contributed by atoms with E-state index < -0.39 is 10.0 Å². The van der Waals surface area contributed by atoms with Gasteiger partial charge in [0.1, 0.15) is 0 Å². The molecule has 0 atom stereocenters. The van der Waals surface area contributed by atoms with Gasteiger partial charge in [-0.25, -0.2) is 8.42 Å². The third-order valence-corrected chi connectivity index (χ3v) is 1.78. The third kappa shape index (κ3) is 1.21. The minimum absolute atomic E-state index is 0.291. The fraction of sp³-hybridized carbons (Fsp3) is 0.333. The molecule has 1 rings (SSSR count). The van der Waals surface area contributed by atoms with Crippen molar-refractivity contribution in [3.8, 4) is 0 Å². The first-order chi connectivity index (χ1) is 3.71. The van der Waals surface area contributed by atoms with Gasteiger partial charge in [-0.1, -0.05) is 0 Å². The fourth-order valence-corrected chi connectivity index (χ4v) is 1.04. The van der Waals surface area contributed by atoms with Gasteiger partial charge in [-0.05, 0) is 0 Å². The van der Waals surface area contributed by atoms with E-state index in [1.54, 1.807) is 0 Å². The van der Waals surface area contributed by atoms with Crippen LogP contribution in [-0.4, -0.2) is 15.1 Å². The van der Waals surface area contributed by atoms with Crippen molar-refractivity contribution in [1.82, 2.24) is 10.0 Å². The van der Waals surface area contributed by atoms with E-state index in [0.717, 1.165) is 5.41 Å². The van der Waals surface area contributed by atoms with Crippen LogP contribution in [-0.2, 0) is 10.0 Å². The van der Waals surface area contributed by atoms with E-state index in [4.69, 9.17) is 0 Å². The van der Waals surface area contributed by atoms with Gasteiger partial charge in [0.25, 0.3) is 0 Å². The first kappa shape index (κ1) is 5.58. The van der Waals surface area contributed by atoms with Gasteiger partial charge in [0.05, 0.1) is 12.1 Å². The summed E-state index contributed by atoms with van der Waals surface area (Å²) in [5, 5.41) is 3.75. The number of hydrogen-bond donors (Lipinski definition) is 2. The van der Waals surface area contributed by atoms with Gasteiger partial charge in [0.2, 0.25) is 10.0 Å². The molecule has 0 fully saturated rings. The lowest BCUT2D eigenvalue weighted by Crippen LogP contribution is -2.33. The average Bonchev–Trinajstić information content (AvgIpc) is 1.65. The molecular weight excluding hydrogens is 128 g/mol. The molecule has 0 bridgehead atoms. The highest BCUT2D eigenvalue weighted by Gasteiger charge is 2.05. The largest absolute Gasteiger partial charge is 0.377 e. The molecule has 2 N–H and O–H groups in total. The predicted molar refractivity (Wildman–Crippen MR) is 29.2 cm³/mol. The van der Waals surface area contributed by atoms with Crippen LogP contribution in [0.15, 0.2) is 11.6 Å². The number of sulfonamides is 1. The average molecular weight is 134 g/mol. The summed E-state index contributed by atoms with van der Waals surface area (Å²) >= 11 is 0. The third-order valence-electron chi connectivity index (χ3n) is 0.740. The van der Waals surface area contributed by atoms with Gasteiger partial charge < -0.3 is 5.32 Å². The summed E-state index contributed by atoms with van der Waals surface area (Å²) in [6, 6.07) is 0. The Morgan fingerprint density at radius 1 is 1.50 bits per heavy atom. The second kappa shape index (κ2) is 1.75. The predicted octanol–water partition coefficient (Wildman–Crippen LogP) is -1.06. The van der Waals surface area contributed by atoms with E-state index in [-0.39, 0.29) is 0 Å². The smallest absolute Gasteiger partial charge is 0.236 e. The quantitative estimate of drug-likeness (QED) is 0.444. The van der Waals surface area contributed by atoms with E-state index in [0.29, 0.717) is 6.67 Å². The van der Waals surface area contributed by atoms with Crippen LogP contribution in [0.4, 0.5) is 0 Å². The van der Waals surface area contributed by atoms with Crippen molar-refractivity contribution in [3.05, 3.63) is 11.6 Å². The van der Waals surface area contributed by atoms with Crippen molar-refractivity contribution in [2.75, 3.05) is 6.67 Å². The molecule has 8 heavy (non-hydrogen) atoms. The van der Waals surface area contributed by atoms with Gasteiger partial charge in [-0.2, -0.15) is 4.72 Å². The Hall–Kier alpha value is -0.550. The normalized spacial score (nSPS) is 24.5. The molecule has 0 unspecified atom stereocenters. The van der Waals surface area contributed by atoms with Gasteiger partial charge in [-0.15, -0.1) is 0 Å². The Balaban J connectivity index is 2.87. The molecule has 0 saturated carbocycles. The second-order valence-electron chi connectivity index (χ2n) is 1.37. The monoisotopic (exact) mass is 134 g/mol. The minimum atomic E-state index is -3.08. The van der Waals surface area contributed by atoms with Gasteiger partial charge in [0.15, 0.2) is 0 Å². The number of rotatable bonds is 0. The first-order valence-corrected chi connectivity index (χ1v) is 3.65. The summed E-state index contributed by atoms with van der Waals surface area (Å²) in [6.07, 6.45) is 1.39. The molecule has 0 aromatic carbocycles. The van der Waals surface area contributed by atoms with E-state index in [1.165, 1.54) is 6.20 Å². The topological polar surface area (TPSA) is 58.2 Å². The van der Waals surface area contributed by atoms with Crippen molar-refractivity contribution < 1.29 is 8.42 Å². The van der Waals surface area contributed by atoms with Crippen LogP contribution in [0.1, 0.15) is 0 Å². The van der Waals surface area contributed by atoms with Crippen molar-refractivity contribution in [2.45, 2.75) is 0 Å². The Labute approximate surface area is 47.6 Å². The van der Waals surface area contributed by atoms with Crippen LogP contribution in [0.3, 0.4) is 0 Å². The zero-order chi connectivity index (χ0) is 6.04. The standard InChI is InChI=1S/C3H6N2O2S/c6-8(7)2-1-4-3-5-8/h1-2,4-5H,3H2. The highest BCUT2D eigenvalue weighted by molar-refractivity contribution is 7.92. The molecule has 0 aromatic heterocycles. The highest BCUT2D eigenvalue weighted by Crippen LogP contribution is 1.86. The fourth-order valence-electron chi connectivity index (χ4n) is 0.387. The van der Waals surface area contributed by atoms with Gasteiger partial charge >= 0.3 is 0 Å². The Bertz CT molecular complexity index is 193. The Morgan fingerprint density at radius 2 is 2.25 bits per heavy atom. The molecule has 0 saturated heterocycles. The molecular formula is C3H6N2O2S. The maximum Gasteiger partial charge on any atom is 0.236 e. The zero-order valence-corrected chi connectivity index (χ0v) is 4.90. The van der Waals surface area contributed by atoms with Crippen LogP contribution in [0.5, 0.6) is 0 Å². The van der Waals surface area contributed by atoms with Gasteiger partial charge in [0, 0.05) is 6.20 Å². The molecule has 0 amide bonds. The van der Waals surface area contributed by atoms with Crippen molar-refractivity contribution >= 4 is 10.0 Å². The Kier molecular flexibility index (Phi) is 1.22. The molecule has 1 aliphatic rings. The van der Waals surface area contributed by atoms with Crippen LogP contribution in [0, 0.1) is 0 Å². The summed E-state index contributed by atoms with van der Waals surface area (Å²) in [4.78, 5) is 0. The molecule has 0 radical (unpaired) electrons. The summed E-state index contributed by atoms with van der Waals surface area (Å²) < 4.78 is 23.1. The molecule has 1 heterocycles. The second-order valence-corrected chi connectivity index (χ2v) is 3.02. The van der Waals surface area contributed by atoms with Crippen molar-refractivity contribution in [2.24, 2.45) is 0 Å². The van der Waals surface area contributed by atoms with E-state index in [9.17, 15) is 8.42 Å². The summed E-state index contributed by atoms with van der Waals surface area (Å²) in [7, 11) is -3.08. The van der Waals surface area contributed by atoms with Crippen molar-refractivity contribution in [3.63, 3.8) is 0 Å². The van der Waals surface area contributed by atoms with Crippen molar-refractivity contribution in [1.29, 1.82) is 0 Å². The molecule has 5 heteroatoms. The minimum Gasteiger partial charge on any atom is -0.377 e. The highest BCUT2D eigenvalue weighted by atomic mass is 32.2.